The van der Waals surface area contributed by atoms with E-state index in [0.29, 0.717) is 56.2 Å². The molecule has 0 aliphatic carbocycles. The quantitative estimate of drug-likeness (QED) is 0.0338. The van der Waals surface area contributed by atoms with Gasteiger partial charge in [0.1, 0.15) is 54.1 Å². The third-order valence-corrected chi connectivity index (χ3v) is 13.8. The third-order valence-electron chi connectivity index (χ3n) is 13.8. The summed E-state index contributed by atoms with van der Waals surface area (Å²) in [5, 5.41) is 47.5. The number of aliphatic carboxylic acids is 1. The second-order valence-corrected chi connectivity index (χ2v) is 20.4. The summed E-state index contributed by atoms with van der Waals surface area (Å²) in [5.74, 6) is -9.54. The van der Waals surface area contributed by atoms with E-state index in [2.05, 4.69) is 37.2 Å². The number of amides is 9. The number of benzene rings is 2. The van der Waals surface area contributed by atoms with Crippen molar-refractivity contribution in [2.24, 2.45) is 34.8 Å². The first kappa shape index (κ1) is 66.1. The number of phenolic OH excluding ortho intramolecular Hbond substituents is 1. The predicted octanol–water partition coefficient (Wildman–Crippen LogP) is -1.81. The maximum atomic E-state index is 14.7. The van der Waals surface area contributed by atoms with Crippen molar-refractivity contribution in [3.8, 4) is 5.75 Å². The summed E-state index contributed by atoms with van der Waals surface area (Å²) in [5.41, 5.74) is 24.6. The Morgan fingerprint density at radius 3 is 1.66 bits per heavy atom. The van der Waals surface area contributed by atoms with Crippen LogP contribution in [0.25, 0.3) is 0 Å². The molecule has 1 aliphatic heterocycles. The number of hydrogen-bond acceptors (Lipinski definition) is 15. The van der Waals surface area contributed by atoms with Crippen molar-refractivity contribution in [2.45, 2.75) is 166 Å². The highest BCUT2D eigenvalue weighted by molar-refractivity contribution is 5.98. The molecule has 438 valence electrons. The van der Waals surface area contributed by atoms with Crippen molar-refractivity contribution >= 4 is 59.1 Å². The number of primary amides is 1. The van der Waals surface area contributed by atoms with Gasteiger partial charge in [0.05, 0.1) is 12.6 Å². The van der Waals surface area contributed by atoms with Crippen LogP contribution in [0, 0.1) is 11.8 Å². The first-order valence-corrected chi connectivity index (χ1v) is 27.1. The number of hydrogen-bond donors (Lipinski definition) is 14. The lowest BCUT2D eigenvalue weighted by atomic mass is 9.96. The number of nitrogens with zero attached hydrogens (tertiary/aromatic N) is 1. The lowest BCUT2D eigenvalue weighted by Crippen LogP contribution is -2.61. The molecular formula is C54H84N12O13. The second kappa shape index (κ2) is 33.9. The molecule has 25 nitrogen and oxygen atoms in total. The van der Waals surface area contributed by atoms with Crippen LogP contribution >= 0.6 is 0 Å². The number of rotatable bonds is 35. The number of nitrogens with one attached hydrogen (secondary N) is 7. The zero-order chi connectivity index (χ0) is 58.8. The van der Waals surface area contributed by atoms with E-state index in [9.17, 15) is 63.3 Å². The minimum Gasteiger partial charge on any atom is -0.508 e. The summed E-state index contributed by atoms with van der Waals surface area (Å²) in [4.78, 5) is 137. The number of aliphatic hydroxyl groups is 1. The summed E-state index contributed by atoms with van der Waals surface area (Å²) in [6.45, 7) is 6.24. The minimum atomic E-state index is -1.59. The molecule has 10 atom stereocenters. The number of aliphatic hydroxyl groups excluding tert-OH is 1. The van der Waals surface area contributed by atoms with Crippen LogP contribution in [0.5, 0.6) is 5.75 Å². The highest BCUT2D eigenvalue weighted by Crippen LogP contribution is 2.21. The van der Waals surface area contributed by atoms with Gasteiger partial charge in [-0.1, -0.05) is 76.6 Å². The van der Waals surface area contributed by atoms with E-state index in [-0.39, 0.29) is 63.8 Å². The van der Waals surface area contributed by atoms with Crippen molar-refractivity contribution in [1.29, 1.82) is 0 Å². The van der Waals surface area contributed by atoms with E-state index in [1.54, 1.807) is 70.2 Å². The second-order valence-electron chi connectivity index (χ2n) is 20.4. The molecule has 1 saturated heterocycles. The van der Waals surface area contributed by atoms with Crippen LogP contribution < -0.4 is 60.2 Å². The molecule has 0 unspecified atom stereocenters. The summed E-state index contributed by atoms with van der Waals surface area (Å²) in [7, 11) is 0. The van der Waals surface area contributed by atoms with Crippen molar-refractivity contribution < 1.29 is 63.3 Å². The van der Waals surface area contributed by atoms with Gasteiger partial charge in [-0.3, -0.25) is 43.2 Å². The normalized spacial score (nSPS) is 16.6. The van der Waals surface area contributed by atoms with Crippen molar-refractivity contribution in [1.82, 2.24) is 42.1 Å². The lowest BCUT2D eigenvalue weighted by Gasteiger charge is -2.31. The molecule has 0 spiro atoms. The van der Waals surface area contributed by atoms with Gasteiger partial charge in [0.2, 0.25) is 53.2 Å². The van der Waals surface area contributed by atoms with Gasteiger partial charge in [-0.15, -0.1) is 0 Å². The van der Waals surface area contributed by atoms with Crippen molar-refractivity contribution in [3.63, 3.8) is 0 Å². The lowest BCUT2D eigenvalue weighted by molar-refractivity contribution is -0.144. The van der Waals surface area contributed by atoms with Gasteiger partial charge in [0.25, 0.3) is 0 Å². The predicted molar refractivity (Wildman–Crippen MR) is 291 cm³/mol. The van der Waals surface area contributed by atoms with Gasteiger partial charge < -0.3 is 80.4 Å². The molecule has 1 heterocycles. The average Bonchev–Trinajstić information content (AvgIpc) is 3.94. The number of nitrogens with two attached hydrogens (primary N) is 4. The smallest absolute Gasteiger partial charge is 0.326 e. The van der Waals surface area contributed by atoms with E-state index in [1.165, 1.54) is 17.0 Å². The van der Waals surface area contributed by atoms with E-state index in [4.69, 9.17) is 22.9 Å². The number of carboxylic acid groups (broad SMARTS) is 1. The number of unbranched alkanes of at least 4 members (excludes halogenated alkanes) is 2. The Morgan fingerprint density at radius 2 is 1.13 bits per heavy atom. The molecule has 18 N–H and O–H groups in total. The van der Waals surface area contributed by atoms with Gasteiger partial charge in [0, 0.05) is 19.4 Å². The molecule has 25 heteroatoms. The third kappa shape index (κ3) is 21.9. The SMILES string of the molecule is CC[C@H](C)[C@H](NC(=O)[C@H](CCCCN)NC(=O)[C@H](CCC(N)=O)NC(=O)[C@@H]1CCCN1C(=O)[C@H](Cc1ccccc1)NC(=O)[C@H](CCCCN)NC(=O)[C@@H](N)Cc1ccc(O)cc1)C(=O)N[C@@H](CO)C(=O)N[C@H](C(=O)O)C(C)C. The van der Waals surface area contributed by atoms with E-state index >= 15 is 0 Å². The molecule has 0 radical (unpaired) electrons. The fourth-order valence-corrected chi connectivity index (χ4v) is 8.88. The molecule has 0 bridgehead atoms. The Bertz CT molecular complexity index is 2340. The first-order chi connectivity index (χ1) is 37.5. The van der Waals surface area contributed by atoms with Gasteiger partial charge >= 0.3 is 5.97 Å². The number of carbonyl (C=O) groups is 10. The largest absolute Gasteiger partial charge is 0.508 e. The van der Waals surface area contributed by atoms with Crippen LogP contribution in [-0.4, -0.2) is 160 Å². The first-order valence-electron chi connectivity index (χ1n) is 27.1. The Kier molecular flexibility index (Phi) is 28.4. The highest BCUT2D eigenvalue weighted by atomic mass is 16.4. The standard InChI is InChI=1S/C54H84N12O13/c1-5-32(4)45(52(76)63-41(30-67)50(74)64-44(31(2)3)54(78)79)65-49(73)38(17-10-12-26-56)60-48(72)39(23-24-43(58)69)61-51(75)42-18-13-27-66(42)53(77)40(29-33-14-7-6-8-15-33)62-47(71)37(16-9-11-25-55)59-46(70)36(57)28-34-19-21-35(68)22-20-34/h6-8,14-15,19-22,31-32,36-42,44-45,67-68H,5,9-13,16-18,23-30,55-57H2,1-4H3,(H2,58,69)(H,59,70)(H,60,72)(H,61,75)(H,62,71)(H,63,76)(H,64,74)(H,65,73)(H,78,79)/t32-,36-,37-,38-,39-,40-,41-,42-,44-,45-/m0/s1. The topological polar surface area (TPSA) is 423 Å². The molecular weight excluding hydrogens is 1020 g/mol. The van der Waals surface area contributed by atoms with Crippen LogP contribution in [0.2, 0.25) is 0 Å². The summed E-state index contributed by atoms with van der Waals surface area (Å²) < 4.78 is 0. The van der Waals surface area contributed by atoms with Crippen molar-refractivity contribution in [3.05, 3.63) is 65.7 Å². The van der Waals surface area contributed by atoms with Gasteiger partial charge in [-0.25, -0.2) is 4.79 Å². The number of carbonyl (C=O) groups excluding carboxylic acids is 9. The summed E-state index contributed by atoms with van der Waals surface area (Å²) in [6.07, 6.45) is 2.07. The number of aromatic hydroxyl groups is 1. The van der Waals surface area contributed by atoms with Crippen LogP contribution in [-0.2, 0) is 60.8 Å². The van der Waals surface area contributed by atoms with Crippen LogP contribution in [0.4, 0.5) is 0 Å². The molecule has 1 fully saturated rings. The molecule has 79 heavy (non-hydrogen) atoms. The number of carboxylic acids is 1. The Labute approximate surface area is 461 Å². The number of phenols is 1. The monoisotopic (exact) mass is 1110 g/mol. The minimum absolute atomic E-state index is 0.00283. The van der Waals surface area contributed by atoms with Gasteiger partial charge in [0.15, 0.2) is 0 Å². The van der Waals surface area contributed by atoms with E-state index in [1.807, 2.05) is 0 Å². The summed E-state index contributed by atoms with van der Waals surface area (Å²) in [6, 6.07) is 3.23. The Hall–Kier alpha value is -7.22. The maximum absolute atomic E-state index is 14.7. The molecule has 1 aliphatic rings. The Balaban J connectivity index is 1.88. The van der Waals surface area contributed by atoms with Gasteiger partial charge in [-0.2, -0.15) is 0 Å². The van der Waals surface area contributed by atoms with Crippen LogP contribution in [0.3, 0.4) is 0 Å². The van der Waals surface area contributed by atoms with Crippen LogP contribution in [0.1, 0.15) is 109 Å². The van der Waals surface area contributed by atoms with Crippen molar-refractivity contribution in [2.75, 3.05) is 26.2 Å². The van der Waals surface area contributed by atoms with E-state index in [0.717, 1.165) is 0 Å². The van der Waals surface area contributed by atoms with E-state index < -0.39 is 132 Å². The fraction of sp³-hybridized carbons (Fsp3) is 0.593. The molecule has 2 aromatic carbocycles. The average molecular weight is 1110 g/mol. The molecule has 2 aromatic rings. The highest BCUT2D eigenvalue weighted by Gasteiger charge is 2.41. The number of likely N-dealkylation sites (tertiary alicyclic amines) is 1. The van der Waals surface area contributed by atoms with Gasteiger partial charge in [-0.05, 0) is 112 Å². The molecule has 3 rings (SSSR count). The van der Waals surface area contributed by atoms with Crippen LogP contribution in [0.15, 0.2) is 54.6 Å². The molecule has 9 amide bonds. The zero-order valence-corrected chi connectivity index (χ0v) is 45.7. The maximum Gasteiger partial charge on any atom is 0.326 e. The fourth-order valence-electron chi connectivity index (χ4n) is 8.88. The molecule has 0 saturated carbocycles. The molecule has 0 aromatic heterocycles. The Morgan fingerprint density at radius 1 is 0.620 bits per heavy atom. The zero-order valence-electron chi connectivity index (χ0n) is 45.7. The summed E-state index contributed by atoms with van der Waals surface area (Å²) >= 11 is 0.